The summed E-state index contributed by atoms with van der Waals surface area (Å²) in [6.07, 6.45) is 2.54. The van der Waals surface area contributed by atoms with Crippen molar-refractivity contribution in [1.82, 2.24) is 10.2 Å². The van der Waals surface area contributed by atoms with Crippen molar-refractivity contribution in [3.8, 4) is 0 Å². The van der Waals surface area contributed by atoms with E-state index in [4.69, 9.17) is 10.0 Å². The minimum Gasteiger partial charge on any atom is -0.480 e. The maximum Gasteiger partial charge on any atom is 0.451 e. The predicted molar refractivity (Wildman–Crippen MR) is 67.1 cm³/mol. The Balaban J connectivity index is 2.09. The minimum atomic E-state index is -1.29. The number of likely N-dealkylation sites (tertiary alicyclic amines) is 1. The lowest BCUT2D eigenvalue weighted by Crippen LogP contribution is -2.45. The highest BCUT2D eigenvalue weighted by atomic mass is 16.4. The number of carboxylic acids is 1. The molecule has 2 heterocycles. The SMILES string of the molecule is CN1CC[C@]2(CCCB(O)O)[C@@H](C(=O)O)NC[C@H]12. The molecule has 0 saturated carbocycles. The van der Waals surface area contributed by atoms with Crippen molar-refractivity contribution in [2.24, 2.45) is 5.41 Å². The molecule has 0 aromatic rings. The van der Waals surface area contributed by atoms with Crippen molar-refractivity contribution < 1.29 is 19.9 Å². The van der Waals surface area contributed by atoms with Gasteiger partial charge in [0.1, 0.15) is 6.04 Å². The summed E-state index contributed by atoms with van der Waals surface area (Å²) in [5, 5.41) is 30.3. The van der Waals surface area contributed by atoms with Crippen molar-refractivity contribution >= 4 is 13.1 Å². The molecule has 0 unspecified atom stereocenters. The lowest BCUT2D eigenvalue weighted by atomic mass is 9.70. The molecule has 2 aliphatic heterocycles. The molecule has 2 rings (SSSR count). The molecule has 4 N–H and O–H groups in total. The number of nitrogens with zero attached hydrogens (tertiary/aromatic N) is 1. The zero-order chi connectivity index (χ0) is 13.3. The predicted octanol–water partition coefficient (Wildman–Crippen LogP) is -1.01. The first kappa shape index (κ1) is 13.8. The molecular weight excluding hydrogens is 235 g/mol. The molecule has 3 atom stereocenters. The van der Waals surface area contributed by atoms with Crippen LogP contribution in [0.1, 0.15) is 19.3 Å². The summed E-state index contributed by atoms with van der Waals surface area (Å²) >= 11 is 0. The van der Waals surface area contributed by atoms with Gasteiger partial charge in [-0.25, -0.2) is 0 Å². The molecule has 0 aromatic carbocycles. The minimum absolute atomic E-state index is 0.245. The van der Waals surface area contributed by atoms with Gasteiger partial charge >= 0.3 is 13.1 Å². The second-order valence-electron chi connectivity index (χ2n) is 5.53. The third-order valence-electron chi connectivity index (χ3n) is 4.57. The molecule has 0 bridgehead atoms. The second-order valence-corrected chi connectivity index (χ2v) is 5.53. The van der Waals surface area contributed by atoms with Crippen LogP contribution in [-0.4, -0.2) is 65.4 Å². The molecule has 7 heteroatoms. The van der Waals surface area contributed by atoms with Crippen LogP contribution in [0.5, 0.6) is 0 Å². The van der Waals surface area contributed by atoms with Gasteiger partial charge in [-0.15, -0.1) is 0 Å². The van der Waals surface area contributed by atoms with E-state index in [0.717, 1.165) is 19.4 Å². The molecular formula is C11H21BN2O4. The van der Waals surface area contributed by atoms with E-state index in [1.807, 2.05) is 7.05 Å². The van der Waals surface area contributed by atoms with Crippen molar-refractivity contribution in [3.63, 3.8) is 0 Å². The third-order valence-corrected chi connectivity index (χ3v) is 4.57. The van der Waals surface area contributed by atoms with Crippen LogP contribution < -0.4 is 5.32 Å². The van der Waals surface area contributed by atoms with Gasteiger partial charge in [0, 0.05) is 18.0 Å². The van der Waals surface area contributed by atoms with E-state index < -0.39 is 19.1 Å². The van der Waals surface area contributed by atoms with Crippen LogP contribution in [0.15, 0.2) is 0 Å². The molecule has 2 fully saturated rings. The summed E-state index contributed by atoms with van der Waals surface area (Å²) < 4.78 is 0. The van der Waals surface area contributed by atoms with Crippen molar-refractivity contribution in [2.45, 2.75) is 37.7 Å². The number of nitrogens with one attached hydrogen (secondary N) is 1. The summed E-state index contributed by atoms with van der Waals surface area (Å²) in [5.41, 5.74) is -0.254. The summed E-state index contributed by atoms with van der Waals surface area (Å²) in [6, 6.07) is -0.266. The Bertz CT molecular complexity index is 328. The monoisotopic (exact) mass is 256 g/mol. The molecule has 0 spiro atoms. The first-order valence-electron chi connectivity index (χ1n) is 6.50. The molecule has 0 radical (unpaired) electrons. The van der Waals surface area contributed by atoms with Gasteiger partial charge in [-0.05, 0) is 32.8 Å². The van der Waals surface area contributed by atoms with Crippen LogP contribution in [0, 0.1) is 5.41 Å². The van der Waals surface area contributed by atoms with E-state index in [-0.39, 0.29) is 11.5 Å². The standard InChI is InChI=1S/C11H21BN2O4/c1-14-6-4-11(3-2-5-12(17)18)8(14)7-13-9(11)10(15)16/h8-9,13,17-18H,2-7H2,1H3,(H,15,16)/t8-,9+,11-/m0/s1. The fraction of sp³-hybridized carbons (Fsp3) is 0.909. The summed E-state index contributed by atoms with van der Waals surface area (Å²) in [4.78, 5) is 13.6. The summed E-state index contributed by atoms with van der Waals surface area (Å²) in [7, 11) is 0.732. The van der Waals surface area contributed by atoms with Crippen LogP contribution in [0.25, 0.3) is 0 Å². The molecule has 102 valence electrons. The zero-order valence-corrected chi connectivity index (χ0v) is 10.7. The number of hydrogen-bond acceptors (Lipinski definition) is 5. The third kappa shape index (κ3) is 2.27. The average molecular weight is 256 g/mol. The molecule has 0 aromatic heterocycles. The Kier molecular flexibility index (Phi) is 3.96. The summed E-state index contributed by atoms with van der Waals surface area (Å²) in [5.74, 6) is -0.794. The molecule has 0 amide bonds. The number of aliphatic carboxylic acids is 1. The van der Waals surface area contributed by atoms with Gasteiger partial charge in [-0.3, -0.25) is 4.79 Å². The topological polar surface area (TPSA) is 93.0 Å². The Hall–Kier alpha value is -0.625. The van der Waals surface area contributed by atoms with Crippen molar-refractivity contribution in [1.29, 1.82) is 0 Å². The van der Waals surface area contributed by atoms with Gasteiger partial charge in [0.05, 0.1) is 0 Å². The fourth-order valence-corrected chi connectivity index (χ4v) is 3.66. The number of hydrogen-bond donors (Lipinski definition) is 4. The smallest absolute Gasteiger partial charge is 0.451 e. The van der Waals surface area contributed by atoms with Crippen LogP contribution in [-0.2, 0) is 4.79 Å². The lowest BCUT2D eigenvalue weighted by Gasteiger charge is -2.33. The first-order chi connectivity index (χ1) is 8.47. The van der Waals surface area contributed by atoms with E-state index in [9.17, 15) is 9.90 Å². The highest BCUT2D eigenvalue weighted by Crippen LogP contribution is 2.46. The van der Waals surface area contributed by atoms with Gasteiger partial charge in [-0.1, -0.05) is 6.42 Å². The van der Waals surface area contributed by atoms with E-state index in [0.29, 0.717) is 19.3 Å². The van der Waals surface area contributed by atoms with Crippen molar-refractivity contribution in [2.75, 3.05) is 20.1 Å². The van der Waals surface area contributed by atoms with E-state index >= 15 is 0 Å². The average Bonchev–Trinajstić information content (AvgIpc) is 2.77. The fourth-order valence-electron chi connectivity index (χ4n) is 3.66. The Morgan fingerprint density at radius 3 is 2.89 bits per heavy atom. The second kappa shape index (κ2) is 5.17. The van der Waals surface area contributed by atoms with Crippen LogP contribution in [0.2, 0.25) is 6.32 Å². The molecule has 0 aliphatic carbocycles. The number of likely N-dealkylation sites (N-methyl/N-ethyl adjacent to an activating group) is 1. The maximum atomic E-state index is 11.4. The normalized spacial score (nSPS) is 35.7. The number of rotatable bonds is 5. The van der Waals surface area contributed by atoms with Gasteiger partial charge < -0.3 is 25.4 Å². The Morgan fingerprint density at radius 1 is 1.56 bits per heavy atom. The first-order valence-corrected chi connectivity index (χ1v) is 6.50. The molecule has 6 nitrogen and oxygen atoms in total. The van der Waals surface area contributed by atoms with Gasteiger partial charge in [-0.2, -0.15) is 0 Å². The lowest BCUT2D eigenvalue weighted by molar-refractivity contribution is -0.142. The van der Waals surface area contributed by atoms with E-state index in [2.05, 4.69) is 10.2 Å². The molecule has 2 aliphatic rings. The molecule has 2 saturated heterocycles. The Labute approximate surface area is 107 Å². The van der Waals surface area contributed by atoms with Crippen LogP contribution in [0.3, 0.4) is 0 Å². The Morgan fingerprint density at radius 2 is 2.28 bits per heavy atom. The van der Waals surface area contributed by atoms with Gasteiger partial charge in [0.15, 0.2) is 0 Å². The highest BCUT2D eigenvalue weighted by molar-refractivity contribution is 6.40. The number of fused-ring (bicyclic) bond motifs is 1. The maximum absolute atomic E-state index is 11.4. The number of carbonyl (C=O) groups is 1. The zero-order valence-electron chi connectivity index (χ0n) is 10.7. The van der Waals surface area contributed by atoms with Gasteiger partial charge in [0.2, 0.25) is 0 Å². The van der Waals surface area contributed by atoms with E-state index in [1.54, 1.807) is 0 Å². The van der Waals surface area contributed by atoms with E-state index in [1.165, 1.54) is 0 Å². The van der Waals surface area contributed by atoms with Crippen LogP contribution >= 0.6 is 0 Å². The van der Waals surface area contributed by atoms with Crippen LogP contribution in [0.4, 0.5) is 0 Å². The number of carboxylic acid groups (broad SMARTS) is 1. The quantitative estimate of drug-likeness (QED) is 0.471. The van der Waals surface area contributed by atoms with Gasteiger partial charge in [0.25, 0.3) is 0 Å². The van der Waals surface area contributed by atoms with Crippen molar-refractivity contribution in [3.05, 3.63) is 0 Å². The highest BCUT2D eigenvalue weighted by Gasteiger charge is 2.57. The largest absolute Gasteiger partial charge is 0.480 e. The summed E-state index contributed by atoms with van der Waals surface area (Å²) in [6.45, 7) is 1.62. The molecule has 18 heavy (non-hydrogen) atoms.